The van der Waals surface area contributed by atoms with Crippen molar-refractivity contribution in [1.29, 1.82) is 0 Å². The van der Waals surface area contributed by atoms with Crippen molar-refractivity contribution in [1.82, 2.24) is 14.9 Å². The molecule has 1 amide bonds. The predicted octanol–water partition coefficient (Wildman–Crippen LogP) is 7.06. The molecular formula is C31H25F3N4O. The summed E-state index contributed by atoms with van der Waals surface area (Å²) in [6, 6.07) is 25.7. The van der Waals surface area contributed by atoms with Crippen molar-refractivity contribution in [3.63, 3.8) is 0 Å². The number of fused-ring (bicyclic) bond motifs is 2. The summed E-state index contributed by atoms with van der Waals surface area (Å²) in [5.41, 5.74) is 5.87. The van der Waals surface area contributed by atoms with Crippen LogP contribution >= 0.6 is 0 Å². The lowest BCUT2D eigenvalue weighted by Gasteiger charge is -2.28. The number of aromatic amines is 1. The van der Waals surface area contributed by atoms with E-state index in [4.69, 9.17) is 0 Å². The third-order valence-corrected chi connectivity index (χ3v) is 7.06. The number of anilines is 1. The summed E-state index contributed by atoms with van der Waals surface area (Å²) >= 11 is 0. The van der Waals surface area contributed by atoms with Gasteiger partial charge in [-0.1, -0.05) is 48.5 Å². The summed E-state index contributed by atoms with van der Waals surface area (Å²) < 4.78 is 38.9. The molecule has 2 heterocycles. The van der Waals surface area contributed by atoms with E-state index in [-0.39, 0.29) is 5.91 Å². The van der Waals surface area contributed by atoms with Gasteiger partial charge in [0.25, 0.3) is 5.91 Å². The molecule has 0 saturated heterocycles. The van der Waals surface area contributed by atoms with Crippen LogP contribution in [0.1, 0.15) is 32.9 Å². The Morgan fingerprint density at radius 1 is 0.923 bits per heavy atom. The number of benzene rings is 4. The number of imidazole rings is 1. The van der Waals surface area contributed by atoms with Crippen LogP contribution in [0.3, 0.4) is 0 Å². The molecule has 0 bridgehead atoms. The number of H-pyrrole nitrogens is 1. The largest absolute Gasteiger partial charge is 0.416 e. The van der Waals surface area contributed by atoms with E-state index in [0.29, 0.717) is 22.4 Å². The standard InChI is InChI=1S/C31H25F3N4O/c32-31(33,34)23-12-9-20(10-13-23)25-5-1-2-6-26(25)30(39)35-24-14-11-22-18-38(16-15-21(22)17-24)19-29-36-27-7-3-4-8-28(27)37-29/h1-14,17H,15-16,18-19H2,(H,35,39)(H,36,37). The highest BCUT2D eigenvalue weighted by Crippen LogP contribution is 2.32. The second-order valence-electron chi connectivity index (χ2n) is 9.72. The molecule has 0 spiro atoms. The Bertz CT molecular complexity index is 1620. The van der Waals surface area contributed by atoms with E-state index < -0.39 is 11.7 Å². The molecule has 0 saturated carbocycles. The van der Waals surface area contributed by atoms with Crippen LogP contribution in [0.2, 0.25) is 0 Å². The lowest BCUT2D eigenvalue weighted by molar-refractivity contribution is -0.137. The van der Waals surface area contributed by atoms with Gasteiger partial charge in [-0.2, -0.15) is 13.2 Å². The number of para-hydroxylation sites is 2. The van der Waals surface area contributed by atoms with Crippen molar-refractivity contribution >= 4 is 22.6 Å². The Morgan fingerprint density at radius 3 is 2.49 bits per heavy atom. The Balaban J connectivity index is 1.15. The lowest BCUT2D eigenvalue weighted by Crippen LogP contribution is -2.30. The Hall–Kier alpha value is -4.43. The van der Waals surface area contributed by atoms with Gasteiger partial charge in [-0.25, -0.2) is 4.98 Å². The van der Waals surface area contributed by atoms with Gasteiger partial charge in [0.2, 0.25) is 0 Å². The van der Waals surface area contributed by atoms with Gasteiger partial charge in [-0.3, -0.25) is 9.69 Å². The molecule has 5 aromatic rings. The van der Waals surface area contributed by atoms with Gasteiger partial charge in [-0.05, 0) is 71.1 Å². The first-order chi connectivity index (χ1) is 18.8. The number of carbonyl (C=O) groups excluding carboxylic acids is 1. The quantitative estimate of drug-likeness (QED) is 0.258. The van der Waals surface area contributed by atoms with Gasteiger partial charge in [0.1, 0.15) is 5.82 Å². The average Bonchev–Trinajstić information content (AvgIpc) is 3.35. The minimum atomic E-state index is -4.41. The Kier molecular flexibility index (Phi) is 6.40. The minimum absolute atomic E-state index is 0.312. The summed E-state index contributed by atoms with van der Waals surface area (Å²) in [7, 11) is 0. The van der Waals surface area contributed by atoms with E-state index >= 15 is 0 Å². The Labute approximate surface area is 223 Å². The molecular weight excluding hydrogens is 501 g/mol. The number of nitrogens with zero attached hydrogens (tertiary/aromatic N) is 2. The first kappa shape index (κ1) is 24.9. The summed E-state index contributed by atoms with van der Waals surface area (Å²) in [4.78, 5) is 23.6. The van der Waals surface area contributed by atoms with Gasteiger partial charge in [0, 0.05) is 24.3 Å². The molecule has 1 aromatic heterocycles. The van der Waals surface area contributed by atoms with Gasteiger partial charge >= 0.3 is 6.18 Å². The molecule has 2 N–H and O–H groups in total. The lowest BCUT2D eigenvalue weighted by atomic mass is 9.97. The molecule has 1 aliphatic rings. The number of amides is 1. The highest BCUT2D eigenvalue weighted by atomic mass is 19.4. The molecule has 0 unspecified atom stereocenters. The maximum atomic E-state index is 13.2. The van der Waals surface area contributed by atoms with Crippen LogP contribution in [0, 0.1) is 0 Å². The molecule has 0 radical (unpaired) electrons. The smallest absolute Gasteiger partial charge is 0.341 e. The van der Waals surface area contributed by atoms with E-state index in [1.165, 1.54) is 23.3 Å². The van der Waals surface area contributed by atoms with Crippen LogP contribution in [0.25, 0.3) is 22.2 Å². The number of carbonyl (C=O) groups is 1. The summed E-state index contributed by atoms with van der Waals surface area (Å²) in [5, 5.41) is 2.97. The number of nitrogens with one attached hydrogen (secondary N) is 2. The monoisotopic (exact) mass is 526 g/mol. The van der Waals surface area contributed by atoms with Crippen LogP contribution in [0.5, 0.6) is 0 Å². The highest BCUT2D eigenvalue weighted by molar-refractivity contribution is 6.08. The first-order valence-corrected chi connectivity index (χ1v) is 12.7. The minimum Gasteiger partial charge on any atom is -0.341 e. The van der Waals surface area contributed by atoms with Crippen molar-refractivity contribution in [3.05, 3.63) is 119 Å². The molecule has 8 heteroatoms. The average molecular weight is 527 g/mol. The second-order valence-corrected chi connectivity index (χ2v) is 9.72. The van der Waals surface area contributed by atoms with Crippen molar-refractivity contribution < 1.29 is 18.0 Å². The van der Waals surface area contributed by atoms with Crippen LogP contribution < -0.4 is 5.32 Å². The number of alkyl halides is 3. The van der Waals surface area contributed by atoms with Crippen molar-refractivity contribution in [2.75, 3.05) is 11.9 Å². The number of aromatic nitrogens is 2. The Morgan fingerprint density at radius 2 is 1.69 bits per heavy atom. The highest BCUT2D eigenvalue weighted by Gasteiger charge is 2.30. The fourth-order valence-electron chi connectivity index (χ4n) is 5.09. The maximum absolute atomic E-state index is 13.2. The van der Waals surface area contributed by atoms with Crippen molar-refractivity contribution in [3.8, 4) is 11.1 Å². The molecule has 5 nitrogen and oxygen atoms in total. The number of halogens is 3. The van der Waals surface area contributed by atoms with Gasteiger partial charge < -0.3 is 10.3 Å². The molecule has 39 heavy (non-hydrogen) atoms. The molecule has 4 aromatic carbocycles. The normalized spacial score (nSPS) is 13.8. The van der Waals surface area contributed by atoms with Crippen molar-refractivity contribution in [2.24, 2.45) is 0 Å². The second kappa shape index (κ2) is 10.0. The number of hydrogen-bond acceptors (Lipinski definition) is 3. The molecule has 0 aliphatic carbocycles. The van der Waals surface area contributed by atoms with E-state index in [0.717, 1.165) is 55.0 Å². The molecule has 6 rings (SSSR count). The third kappa shape index (κ3) is 5.28. The van der Waals surface area contributed by atoms with Crippen LogP contribution in [-0.2, 0) is 25.7 Å². The molecule has 0 atom stereocenters. The number of rotatable bonds is 5. The fraction of sp³-hybridized carbons (Fsp3) is 0.161. The molecule has 0 fully saturated rings. The predicted molar refractivity (Wildman–Crippen MR) is 145 cm³/mol. The maximum Gasteiger partial charge on any atom is 0.416 e. The first-order valence-electron chi connectivity index (χ1n) is 12.7. The van der Waals surface area contributed by atoms with Crippen LogP contribution in [-0.4, -0.2) is 27.3 Å². The summed E-state index contributed by atoms with van der Waals surface area (Å²) in [6.45, 7) is 2.39. The van der Waals surface area contributed by atoms with Crippen molar-refractivity contribution in [2.45, 2.75) is 25.7 Å². The number of hydrogen-bond donors (Lipinski definition) is 2. The van der Waals surface area contributed by atoms with Gasteiger partial charge in [0.15, 0.2) is 0 Å². The van der Waals surface area contributed by atoms with E-state index in [1.54, 1.807) is 24.3 Å². The zero-order chi connectivity index (χ0) is 27.0. The molecule has 196 valence electrons. The third-order valence-electron chi connectivity index (χ3n) is 7.06. The fourth-order valence-corrected chi connectivity index (χ4v) is 5.09. The summed E-state index contributed by atoms with van der Waals surface area (Å²) in [6.07, 6.45) is -3.56. The van der Waals surface area contributed by atoms with Gasteiger partial charge in [-0.15, -0.1) is 0 Å². The van der Waals surface area contributed by atoms with Crippen LogP contribution in [0.15, 0.2) is 91.0 Å². The molecule has 1 aliphatic heterocycles. The summed E-state index contributed by atoms with van der Waals surface area (Å²) in [5.74, 6) is 0.628. The topological polar surface area (TPSA) is 61.0 Å². The zero-order valence-corrected chi connectivity index (χ0v) is 20.9. The zero-order valence-electron chi connectivity index (χ0n) is 20.9. The van der Waals surface area contributed by atoms with E-state index in [2.05, 4.69) is 20.2 Å². The van der Waals surface area contributed by atoms with E-state index in [1.807, 2.05) is 42.5 Å². The van der Waals surface area contributed by atoms with Gasteiger partial charge in [0.05, 0.1) is 23.1 Å². The van der Waals surface area contributed by atoms with E-state index in [9.17, 15) is 18.0 Å². The van der Waals surface area contributed by atoms with Crippen LogP contribution in [0.4, 0.5) is 18.9 Å². The SMILES string of the molecule is O=C(Nc1ccc2c(c1)CCN(Cc1nc3ccccc3[nH]1)C2)c1ccccc1-c1ccc(C(F)(F)F)cc1.